The van der Waals surface area contributed by atoms with Gasteiger partial charge in [0.2, 0.25) is 5.91 Å². The maximum atomic E-state index is 11.0. The van der Waals surface area contributed by atoms with Crippen LogP contribution < -0.4 is 5.73 Å². The van der Waals surface area contributed by atoms with Gasteiger partial charge in [-0.15, -0.1) is 0 Å². The van der Waals surface area contributed by atoms with Crippen molar-refractivity contribution in [1.82, 2.24) is 0 Å². The Bertz CT molecular complexity index is 310. The van der Waals surface area contributed by atoms with E-state index in [0.29, 0.717) is 6.42 Å². The van der Waals surface area contributed by atoms with E-state index in [1.807, 2.05) is 30.3 Å². The number of aliphatic hydroxyl groups is 1. The molecule has 1 rings (SSSR count). The third kappa shape index (κ3) is 2.33. The number of amides is 1. The molecule has 0 saturated carbocycles. The topological polar surface area (TPSA) is 63.3 Å². The fourth-order valence-corrected chi connectivity index (χ4v) is 1.32. The Morgan fingerprint density at radius 2 is 2.00 bits per heavy atom. The van der Waals surface area contributed by atoms with E-state index >= 15 is 0 Å². The van der Waals surface area contributed by atoms with Crippen LogP contribution in [0.4, 0.5) is 0 Å². The average Bonchev–Trinajstić information content (AvgIpc) is 2.19. The monoisotopic (exact) mass is 193 g/mol. The van der Waals surface area contributed by atoms with Gasteiger partial charge < -0.3 is 10.8 Å². The first-order chi connectivity index (χ1) is 6.58. The summed E-state index contributed by atoms with van der Waals surface area (Å²) in [5.41, 5.74) is 4.64. The maximum Gasteiger partial charge on any atom is 0.249 e. The van der Waals surface area contributed by atoms with E-state index in [9.17, 15) is 9.90 Å². The van der Waals surface area contributed by atoms with Crippen molar-refractivity contribution in [3.63, 3.8) is 0 Å². The summed E-state index contributed by atoms with van der Waals surface area (Å²) in [5.74, 6) is -0.663. The molecule has 0 aliphatic heterocycles. The Morgan fingerprint density at radius 3 is 2.43 bits per heavy atom. The Morgan fingerprint density at radius 1 is 1.43 bits per heavy atom. The lowest BCUT2D eigenvalue weighted by Crippen LogP contribution is -2.45. The highest BCUT2D eigenvalue weighted by Gasteiger charge is 2.31. The zero-order valence-electron chi connectivity index (χ0n) is 8.23. The molecule has 0 radical (unpaired) electrons. The van der Waals surface area contributed by atoms with Gasteiger partial charge in [-0.05, 0) is 12.0 Å². The molecule has 1 atom stereocenters. The number of nitrogens with two attached hydrogens (primary N) is 1. The largest absolute Gasteiger partial charge is 0.380 e. The first-order valence-electron chi connectivity index (χ1n) is 4.64. The number of benzene rings is 1. The minimum Gasteiger partial charge on any atom is -0.380 e. The van der Waals surface area contributed by atoms with E-state index in [1.165, 1.54) is 0 Å². The van der Waals surface area contributed by atoms with E-state index in [0.717, 1.165) is 5.56 Å². The predicted octanol–water partition coefficient (Wildman–Crippen LogP) is 0.856. The summed E-state index contributed by atoms with van der Waals surface area (Å²) in [7, 11) is 0. The summed E-state index contributed by atoms with van der Waals surface area (Å²) >= 11 is 0. The van der Waals surface area contributed by atoms with Crippen LogP contribution in [0.5, 0.6) is 0 Å². The van der Waals surface area contributed by atoms with E-state index in [4.69, 9.17) is 5.73 Å². The second-order valence-electron chi connectivity index (χ2n) is 3.41. The van der Waals surface area contributed by atoms with Crippen molar-refractivity contribution in [3.05, 3.63) is 35.9 Å². The number of carbonyl (C=O) groups is 1. The highest BCUT2D eigenvalue weighted by atomic mass is 16.3. The summed E-state index contributed by atoms with van der Waals surface area (Å²) in [6.07, 6.45) is 0.608. The number of rotatable bonds is 4. The van der Waals surface area contributed by atoms with Gasteiger partial charge in [-0.3, -0.25) is 4.79 Å². The number of primary amides is 1. The van der Waals surface area contributed by atoms with Gasteiger partial charge in [-0.2, -0.15) is 0 Å². The number of hydrogen-bond acceptors (Lipinski definition) is 2. The normalized spacial score (nSPS) is 14.7. The molecule has 76 valence electrons. The summed E-state index contributed by atoms with van der Waals surface area (Å²) in [6, 6.07) is 9.35. The molecule has 0 aliphatic rings. The molecule has 1 amide bonds. The molecule has 0 heterocycles. The highest BCUT2D eigenvalue weighted by Crippen LogP contribution is 2.16. The van der Waals surface area contributed by atoms with Gasteiger partial charge in [-0.1, -0.05) is 37.3 Å². The molecule has 1 aromatic rings. The van der Waals surface area contributed by atoms with Crippen molar-refractivity contribution in [3.8, 4) is 0 Å². The molecule has 3 N–H and O–H groups in total. The minimum absolute atomic E-state index is 0.277. The van der Waals surface area contributed by atoms with Crippen molar-refractivity contribution < 1.29 is 9.90 Å². The van der Waals surface area contributed by atoms with Crippen LogP contribution in [0, 0.1) is 0 Å². The average molecular weight is 193 g/mol. The smallest absolute Gasteiger partial charge is 0.249 e. The van der Waals surface area contributed by atoms with Crippen molar-refractivity contribution in [2.75, 3.05) is 0 Å². The third-order valence-corrected chi connectivity index (χ3v) is 2.38. The Labute approximate surface area is 83.6 Å². The van der Waals surface area contributed by atoms with Crippen LogP contribution in [0.2, 0.25) is 0 Å². The lowest BCUT2D eigenvalue weighted by molar-refractivity contribution is -0.136. The van der Waals surface area contributed by atoms with E-state index in [2.05, 4.69) is 0 Å². The molecular weight excluding hydrogens is 178 g/mol. The van der Waals surface area contributed by atoms with Crippen molar-refractivity contribution in [1.29, 1.82) is 0 Å². The number of carbonyl (C=O) groups excluding carboxylic acids is 1. The van der Waals surface area contributed by atoms with Crippen LogP contribution in [0.25, 0.3) is 0 Å². The number of hydrogen-bond donors (Lipinski definition) is 2. The summed E-state index contributed by atoms with van der Waals surface area (Å²) in [4.78, 5) is 11.0. The quantitative estimate of drug-likeness (QED) is 0.744. The van der Waals surface area contributed by atoms with Crippen molar-refractivity contribution >= 4 is 5.91 Å². The zero-order chi connectivity index (χ0) is 10.6. The van der Waals surface area contributed by atoms with Gasteiger partial charge in [0.1, 0.15) is 5.60 Å². The lowest BCUT2D eigenvalue weighted by atomic mass is 9.91. The molecule has 0 spiro atoms. The molecule has 0 fully saturated rings. The van der Waals surface area contributed by atoms with Gasteiger partial charge in [0, 0.05) is 6.42 Å². The van der Waals surface area contributed by atoms with Crippen LogP contribution in [-0.2, 0) is 11.2 Å². The summed E-state index contributed by atoms with van der Waals surface area (Å²) < 4.78 is 0. The van der Waals surface area contributed by atoms with E-state index in [1.54, 1.807) is 6.92 Å². The fourth-order valence-electron chi connectivity index (χ4n) is 1.32. The molecule has 0 bridgehead atoms. The third-order valence-electron chi connectivity index (χ3n) is 2.38. The van der Waals surface area contributed by atoms with E-state index < -0.39 is 11.5 Å². The van der Waals surface area contributed by atoms with Crippen LogP contribution >= 0.6 is 0 Å². The molecular formula is C11H15NO2. The Hall–Kier alpha value is -1.35. The van der Waals surface area contributed by atoms with Gasteiger partial charge in [0.25, 0.3) is 0 Å². The van der Waals surface area contributed by atoms with Gasteiger partial charge >= 0.3 is 0 Å². The van der Waals surface area contributed by atoms with Gasteiger partial charge in [0.15, 0.2) is 0 Å². The van der Waals surface area contributed by atoms with Gasteiger partial charge in [-0.25, -0.2) is 0 Å². The van der Waals surface area contributed by atoms with Crippen LogP contribution in [0.3, 0.4) is 0 Å². The molecule has 0 aromatic heterocycles. The van der Waals surface area contributed by atoms with E-state index in [-0.39, 0.29) is 6.42 Å². The first-order valence-corrected chi connectivity index (χ1v) is 4.64. The first kappa shape index (κ1) is 10.7. The standard InChI is InChI=1S/C11H15NO2/c1-2-11(14,10(12)13)8-9-6-4-3-5-7-9/h3-7,14H,2,8H2,1H3,(H2,12,13)/t11-/m1/s1. The Kier molecular flexibility index (Phi) is 3.25. The molecule has 14 heavy (non-hydrogen) atoms. The molecule has 0 saturated heterocycles. The summed E-state index contributed by atoms with van der Waals surface area (Å²) in [5, 5.41) is 9.88. The SMILES string of the molecule is CC[C@@](O)(Cc1ccccc1)C(N)=O. The lowest BCUT2D eigenvalue weighted by Gasteiger charge is -2.22. The maximum absolute atomic E-state index is 11.0. The molecule has 1 aromatic carbocycles. The van der Waals surface area contributed by atoms with Crippen LogP contribution in [0.15, 0.2) is 30.3 Å². The highest BCUT2D eigenvalue weighted by molar-refractivity contribution is 5.83. The Balaban J connectivity index is 2.81. The van der Waals surface area contributed by atoms with Gasteiger partial charge in [0.05, 0.1) is 0 Å². The summed E-state index contributed by atoms with van der Waals surface area (Å²) in [6.45, 7) is 1.74. The second-order valence-corrected chi connectivity index (χ2v) is 3.41. The molecule has 0 unspecified atom stereocenters. The van der Waals surface area contributed by atoms with Crippen molar-refractivity contribution in [2.24, 2.45) is 5.73 Å². The fraction of sp³-hybridized carbons (Fsp3) is 0.364. The zero-order valence-corrected chi connectivity index (χ0v) is 8.23. The van der Waals surface area contributed by atoms with Crippen molar-refractivity contribution in [2.45, 2.75) is 25.4 Å². The minimum atomic E-state index is -1.42. The predicted molar refractivity (Wildman–Crippen MR) is 54.6 cm³/mol. The molecule has 3 heteroatoms. The van der Waals surface area contributed by atoms with Crippen LogP contribution in [-0.4, -0.2) is 16.6 Å². The van der Waals surface area contributed by atoms with Crippen LogP contribution in [0.1, 0.15) is 18.9 Å². The molecule has 0 aliphatic carbocycles. The molecule has 3 nitrogen and oxygen atoms in total. The second kappa shape index (κ2) is 4.24.